The van der Waals surface area contributed by atoms with Crippen LogP contribution in [0.1, 0.15) is 29.2 Å². The molecule has 2 aliphatic rings. The summed E-state index contributed by atoms with van der Waals surface area (Å²) in [4.78, 5) is 15.8. The van der Waals surface area contributed by atoms with Gasteiger partial charge in [0.2, 0.25) is 0 Å². The summed E-state index contributed by atoms with van der Waals surface area (Å²) in [5.41, 5.74) is 1.52. The molecule has 2 fully saturated rings. The number of hydrogen-bond donors (Lipinski definition) is 0. The van der Waals surface area contributed by atoms with E-state index in [1.165, 1.54) is 6.26 Å². The van der Waals surface area contributed by atoms with Gasteiger partial charge in [0.05, 0.1) is 35.0 Å². The Morgan fingerprint density at radius 2 is 2.14 bits per heavy atom. The first-order valence-electron chi connectivity index (χ1n) is 9.53. The second-order valence-electron chi connectivity index (χ2n) is 7.62. The number of rotatable bonds is 4. The van der Waals surface area contributed by atoms with E-state index in [1.54, 1.807) is 30.8 Å². The van der Waals surface area contributed by atoms with Gasteiger partial charge in [0.1, 0.15) is 12.0 Å². The van der Waals surface area contributed by atoms with Crippen molar-refractivity contribution >= 4 is 17.2 Å². The highest BCUT2D eigenvalue weighted by Gasteiger charge is 2.44. The van der Waals surface area contributed by atoms with E-state index in [1.807, 2.05) is 27.2 Å². The second-order valence-corrected chi connectivity index (χ2v) is 8.56. The maximum Gasteiger partial charge on any atom is 0.257 e. The van der Waals surface area contributed by atoms with E-state index < -0.39 is 0 Å². The highest BCUT2D eigenvalue weighted by atomic mass is 32.1. The summed E-state index contributed by atoms with van der Waals surface area (Å²) >= 11 is 1.66. The summed E-state index contributed by atoms with van der Waals surface area (Å²) in [6.07, 6.45) is 7.02. The molecule has 0 aromatic carbocycles. The number of nitrogens with zero attached hydrogens (tertiary/aromatic N) is 4. The summed E-state index contributed by atoms with van der Waals surface area (Å²) in [5.74, 6) is 0.952. The fraction of sp³-hybridized carbons (Fsp3) is 0.450. The highest BCUT2D eigenvalue weighted by molar-refractivity contribution is 7.13. The van der Waals surface area contributed by atoms with Crippen molar-refractivity contribution in [1.29, 1.82) is 0 Å². The summed E-state index contributed by atoms with van der Waals surface area (Å²) in [6.45, 7) is 1.55. The van der Waals surface area contributed by atoms with Crippen molar-refractivity contribution in [2.45, 2.75) is 25.0 Å². The van der Waals surface area contributed by atoms with Gasteiger partial charge in [-0.3, -0.25) is 4.79 Å². The van der Waals surface area contributed by atoms with Gasteiger partial charge in [-0.2, -0.15) is 0 Å². The van der Waals surface area contributed by atoms with Crippen LogP contribution in [-0.2, 0) is 4.74 Å². The number of carbonyl (C=O) groups excluding carboxylic acids is 1. The molecular weight excluding hydrogens is 376 g/mol. The molecule has 0 spiro atoms. The van der Waals surface area contributed by atoms with E-state index in [4.69, 9.17) is 9.15 Å². The molecule has 0 N–H and O–H groups in total. The van der Waals surface area contributed by atoms with Crippen molar-refractivity contribution in [3.63, 3.8) is 0 Å². The molecule has 0 unspecified atom stereocenters. The minimum atomic E-state index is 0.0504. The van der Waals surface area contributed by atoms with Crippen LogP contribution in [0.4, 0.5) is 0 Å². The third-order valence-electron chi connectivity index (χ3n) is 6.07. The number of fused-ring (bicyclic) bond motifs is 1. The fourth-order valence-corrected chi connectivity index (χ4v) is 5.31. The number of furan rings is 1. The highest BCUT2D eigenvalue weighted by Crippen LogP contribution is 2.42. The molecule has 5 rings (SSSR count). The number of ether oxygens (including phenoxy) is 1. The molecule has 4 atom stereocenters. The lowest BCUT2D eigenvalue weighted by atomic mass is 9.77. The van der Waals surface area contributed by atoms with Crippen LogP contribution in [0.15, 0.2) is 46.7 Å². The zero-order chi connectivity index (χ0) is 19.1. The molecule has 28 heavy (non-hydrogen) atoms. The number of aromatic nitrogens is 3. The van der Waals surface area contributed by atoms with Crippen molar-refractivity contribution in [3.05, 3.63) is 47.9 Å². The Kier molecular flexibility index (Phi) is 4.52. The summed E-state index contributed by atoms with van der Waals surface area (Å²) in [7, 11) is 1.76. The average Bonchev–Trinajstić information content (AvgIpc) is 3.51. The Balaban J connectivity index is 1.34. The standard InChI is InChI=1S/C20H22N4O3S/c1-26-18-8-15-10-23(20(25)13-4-5-27-12-13)9-14(15)7-17(18)24-11-16(21-22-24)19-3-2-6-28-19/h2-6,11-12,14-15,17-18H,7-10H2,1H3/t14-,15+,17-,18-/m1/s1. The smallest absolute Gasteiger partial charge is 0.257 e. The van der Waals surface area contributed by atoms with Crippen molar-refractivity contribution in [2.24, 2.45) is 11.8 Å². The van der Waals surface area contributed by atoms with Crippen LogP contribution in [0.5, 0.6) is 0 Å². The van der Waals surface area contributed by atoms with Gasteiger partial charge < -0.3 is 14.1 Å². The Bertz CT molecular complexity index is 937. The maximum atomic E-state index is 12.7. The largest absolute Gasteiger partial charge is 0.472 e. The molecule has 3 aromatic rings. The number of thiophene rings is 1. The second kappa shape index (κ2) is 7.18. The van der Waals surface area contributed by atoms with Gasteiger partial charge in [0.25, 0.3) is 5.91 Å². The zero-order valence-corrected chi connectivity index (χ0v) is 16.4. The van der Waals surface area contributed by atoms with Crippen LogP contribution in [-0.4, -0.2) is 52.1 Å². The normalized spacial score (nSPS) is 27.1. The first-order valence-corrected chi connectivity index (χ1v) is 10.4. The first-order chi connectivity index (χ1) is 13.7. The lowest BCUT2D eigenvalue weighted by molar-refractivity contribution is -0.00545. The lowest BCUT2D eigenvalue weighted by Gasteiger charge is -2.36. The van der Waals surface area contributed by atoms with Crippen LogP contribution < -0.4 is 0 Å². The molecule has 1 saturated heterocycles. The number of hydrogen-bond acceptors (Lipinski definition) is 6. The van der Waals surface area contributed by atoms with Gasteiger partial charge >= 0.3 is 0 Å². The number of amides is 1. The topological polar surface area (TPSA) is 73.4 Å². The number of likely N-dealkylation sites (tertiary alicyclic amines) is 1. The average molecular weight is 398 g/mol. The third-order valence-corrected chi connectivity index (χ3v) is 6.96. The molecule has 1 aliphatic heterocycles. The van der Waals surface area contributed by atoms with E-state index in [9.17, 15) is 4.79 Å². The molecule has 3 aromatic heterocycles. The minimum absolute atomic E-state index is 0.0504. The van der Waals surface area contributed by atoms with Crippen LogP contribution in [0.2, 0.25) is 0 Å². The van der Waals surface area contributed by atoms with Gasteiger partial charge in [0, 0.05) is 20.2 Å². The van der Waals surface area contributed by atoms with Crippen molar-refractivity contribution < 1.29 is 13.9 Å². The first kappa shape index (κ1) is 17.6. The van der Waals surface area contributed by atoms with Gasteiger partial charge in [-0.25, -0.2) is 4.68 Å². The van der Waals surface area contributed by atoms with Crippen molar-refractivity contribution in [1.82, 2.24) is 19.9 Å². The van der Waals surface area contributed by atoms with Crippen LogP contribution in [0.25, 0.3) is 10.6 Å². The predicted octanol–water partition coefficient (Wildman–Crippen LogP) is 3.34. The number of methoxy groups -OCH3 is 1. The Hall–Kier alpha value is -2.45. The van der Waals surface area contributed by atoms with E-state index in [2.05, 4.69) is 16.4 Å². The molecule has 8 heteroatoms. The molecule has 146 valence electrons. The van der Waals surface area contributed by atoms with Crippen molar-refractivity contribution in [3.8, 4) is 10.6 Å². The van der Waals surface area contributed by atoms with E-state index in [0.29, 0.717) is 17.4 Å². The predicted molar refractivity (Wildman–Crippen MR) is 104 cm³/mol. The lowest BCUT2D eigenvalue weighted by Crippen LogP contribution is -2.37. The maximum absolute atomic E-state index is 12.7. The van der Waals surface area contributed by atoms with Crippen LogP contribution in [0, 0.1) is 11.8 Å². The van der Waals surface area contributed by atoms with E-state index >= 15 is 0 Å². The molecule has 1 aliphatic carbocycles. The Morgan fingerprint density at radius 3 is 2.86 bits per heavy atom. The monoisotopic (exact) mass is 398 g/mol. The summed E-state index contributed by atoms with van der Waals surface area (Å²) in [6, 6.07) is 5.94. The molecule has 0 bridgehead atoms. The van der Waals surface area contributed by atoms with Crippen LogP contribution >= 0.6 is 11.3 Å². The zero-order valence-electron chi connectivity index (χ0n) is 15.6. The summed E-state index contributed by atoms with van der Waals surface area (Å²) in [5, 5.41) is 10.8. The SMILES string of the molecule is CO[C@@H]1C[C@H]2CN(C(=O)c3ccoc3)C[C@H]2C[C@H]1n1cc(-c2cccs2)nn1. The molecular formula is C20H22N4O3S. The van der Waals surface area contributed by atoms with Crippen molar-refractivity contribution in [2.75, 3.05) is 20.2 Å². The quantitative estimate of drug-likeness (QED) is 0.674. The minimum Gasteiger partial charge on any atom is -0.472 e. The van der Waals surface area contributed by atoms with E-state index in [0.717, 1.165) is 36.5 Å². The Labute approximate surface area is 166 Å². The van der Waals surface area contributed by atoms with E-state index in [-0.39, 0.29) is 18.1 Å². The molecule has 7 nitrogen and oxygen atoms in total. The van der Waals surface area contributed by atoms with Gasteiger partial charge in [-0.15, -0.1) is 16.4 Å². The molecule has 1 saturated carbocycles. The number of carbonyl (C=O) groups is 1. The molecule has 1 amide bonds. The van der Waals surface area contributed by atoms with Gasteiger partial charge in [0.15, 0.2) is 0 Å². The Morgan fingerprint density at radius 1 is 1.29 bits per heavy atom. The molecule has 4 heterocycles. The third kappa shape index (κ3) is 3.06. The van der Waals surface area contributed by atoms with Gasteiger partial charge in [-0.05, 0) is 42.2 Å². The fourth-order valence-electron chi connectivity index (χ4n) is 4.63. The van der Waals surface area contributed by atoms with Gasteiger partial charge in [-0.1, -0.05) is 11.3 Å². The van der Waals surface area contributed by atoms with Crippen LogP contribution in [0.3, 0.4) is 0 Å². The molecule has 0 radical (unpaired) electrons. The summed E-state index contributed by atoms with van der Waals surface area (Å²) < 4.78 is 12.9.